The molecule has 0 aliphatic carbocycles. The third-order valence-electron chi connectivity index (χ3n) is 3.13. The summed E-state index contributed by atoms with van der Waals surface area (Å²) < 4.78 is 10.2. The number of hydrogen-bond donors (Lipinski definition) is 1. The zero-order chi connectivity index (χ0) is 20.5. The van der Waals surface area contributed by atoms with Crippen LogP contribution >= 0.6 is 11.6 Å². The van der Waals surface area contributed by atoms with E-state index in [9.17, 15) is 24.8 Å². The third kappa shape index (κ3) is 6.25. The van der Waals surface area contributed by atoms with Crippen LogP contribution < -0.4 is 20.0 Å². The fourth-order valence-corrected chi connectivity index (χ4v) is 2.13. The number of carboxylic acid groups (broad SMARTS) is 1. The van der Waals surface area contributed by atoms with Gasteiger partial charge in [0.1, 0.15) is 12.4 Å². The number of aliphatic carboxylic acids is 1. The van der Waals surface area contributed by atoms with E-state index in [1.807, 2.05) is 0 Å². The summed E-state index contributed by atoms with van der Waals surface area (Å²) in [4.78, 5) is 32.5. The zero-order valence-corrected chi connectivity index (χ0v) is 14.9. The summed E-state index contributed by atoms with van der Waals surface area (Å²) in [6, 6.07) is 10.2. The standard InChI is InChI=1S/C17H14ClN3O7/c18-12-5-6-15(13(7-12)21(25)26)27-9-16(22)20-19-8-11-3-1-2-4-14(11)28-10-17(23)24/h1-8H,9-10H2,(H,20,22)(H,23,24)/p-1/b19-8+. The number of carbonyl (C=O) groups excluding carboxylic acids is 2. The van der Waals surface area contributed by atoms with Gasteiger partial charge >= 0.3 is 5.69 Å². The number of nitro groups is 1. The van der Waals surface area contributed by atoms with Crippen LogP contribution in [0.4, 0.5) is 5.69 Å². The molecule has 11 heteroatoms. The lowest BCUT2D eigenvalue weighted by Crippen LogP contribution is -2.29. The number of para-hydroxylation sites is 1. The van der Waals surface area contributed by atoms with E-state index in [0.717, 1.165) is 6.07 Å². The SMILES string of the molecule is O=C([O-])COc1ccccc1/C=N/NC(=O)COc1ccc(Cl)cc1[N+](=O)[O-]. The predicted octanol–water partition coefficient (Wildman–Crippen LogP) is 0.906. The maximum atomic E-state index is 11.8. The second-order valence-electron chi connectivity index (χ2n) is 5.15. The summed E-state index contributed by atoms with van der Waals surface area (Å²) in [5, 5.41) is 25.3. The first-order valence-corrected chi connectivity index (χ1v) is 8.05. The molecule has 1 N–H and O–H groups in total. The summed E-state index contributed by atoms with van der Waals surface area (Å²) in [5.41, 5.74) is 2.22. The van der Waals surface area contributed by atoms with Gasteiger partial charge in [-0.2, -0.15) is 5.10 Å². The molecule has 0 spiro atoms. The van der Waals surface area contributed by atoms with Gasteiger partial charge in [-0.1, -0.05) is 23.7 Å². The molecule has 10 nitrogen and oxygen atoms in total. The minimum absolute atomic E-state index is 0.116. The first-order valence-electron chi connectivity index (χ1n) is 7.67. The lowest BCUT2D eigenvalue weighted by molar-refractivity contribution is -0.385. The summed E-state index contributed by atoms with van der Waals surface area (Å²) in [7, 11) is 0. The number of carbonyl (C=O) groups is 2. The number of rotatable bonds is 9. The van der Waals surface area contributed by atoms with Gasteiger partial charge in [-0.25, -0.2) is 5.43 Å². The van der Waals surface area contributed by atoms with Crippen LogP contribution in [0, 0.1) is 10.1 Å². The summed E-state index contributed by atoms with van der Waals surface area (Å²) in [6.45, 7) is -1.16. The Labute approximate surface area is 163 Å². The molecule has 2 aromatic carbocycles. The summed E-state index contributed by atoms with van der Waals surface area (Å²) >= 11 is 5.70. The van der Waals surface area contributed by atoms with E-state index in [4.69, 9.17) is 21.1 Å². The van der Waals surface area contributed by atoms with Gasteiger partial charge in [-0.15, -0.1) is 0 Å². The van der Waals surface area contributed by atoms with Crippen LogP contribution in [-0.4, -0.2) is 36.2 Å². The molecule has 0 fully saturated rings. The number of benzene rings is 2. The molecule has 146 valence electrons. The maximum Gasteiger partial charge on any atom is 0.312 e. The Morgan fingerprint density at radius 3 is 2.57 bits per heavy atom. The second kappa shape index (κ2) is 9.88. The van der Waals surface area contributed by atoms with Crippen LogP contribution in [0.3, 0.4) is 0 Å². The van der Waals surface area contributed by atoms with Gasteiger partial charge in [-0.05, 0) is 24.3 Å². The van der Waals surface area contributed by atoms with Gasteiger partial charge in [-0.3, -0.25) is 14.9 Å². The lowest BCUT2D eigenvalue weighted by Gasteiger charge is -2.09. The van der Waals surface area contributed by atoms with Gasteiger partial charge in [0, 0.05) is 16.7 Å². The molecule has 0 aromatic heterocycles. The number of halogens is 1. The minimum atomic E-state index is -1.38. The largest absolute Gasteiger partial charge is 0.546 e. The molecule has 0 aliphatic rings. The van der Waals surface area contributed by atoms with E-state index >= 15 is 0 Å². The van der Waals surface area contributed by atoms with Crippen LogP contribution in [0.1, 0.15) is 5.56 Å². The van der Waals surface area contributed by atoms with Crippen LogP contribution in [-0.2, 0) is 9.59 Å². The molecular weight excluding hydrogens is 394 g/mol. The summed E-state index contributed by atoms with van der Waals surface area (Å²) in [5.74, 6) is -1.94. The number of hydrogen-bond acceptors (Lipinski definition) is 8. The molecule has 2 aromatic rings. The molecular formula is C17H13ClN3O7-. The number of ether oxygens (including phenoxy) is 2. The molecule has 0 saturated carbocycles. The molecule has 28 heavy (non-hydrogen) atoms. The molecule has 0 radical (unpaired) electrons. The van der Waals surface area contributed by atoms with Crippen molar-refractivity contribution in [2.75, 3.05) is 13.2 Å². The number of carboxylic acids is 1. The highest BCUT2D eigenvalue weighted by molar-refractivity contribution is 6.30. The molecule has 1 amide bonds. The topological polar surface area (TPSA) is 143 Å². The smallest absolute Gasteiger partial charge is 0.312 e. The molecule has 0 bridgehead atoms. The van der Waals surface area contributed by atoms with Gasteiger partial charge in [0.25, 0.3) is 5.91 Å². The Hall–Kier alpha value is -3.66. The van der Waals surface area contributed by atoms with Crippen molar-refractivity contribution in [3.63, 3.8) is 0 Å². The van der Waals surface area contributed by atoms with E-state index < -0.39 is 30.0 Å². The summed E-state index contributed by atoms with van der Waals surface area (Å²) in [6.07, 6.45) is 1.24. The van der Waals surface area contributed by atoms with Crippen molar-refractivity contribution in [1.29, 1.82) is 0 Å². The third-order valence-corrected chi connectivity index (χ3v) is 3.37. The average Bonchev–Trinajstić information content (AvgIpc) is 2.66. The van der Waals surface area contributed by atoms with Crippen molar-refractivity contribution in [2.24, 2.45) is 5.10 Å². The minimum Gasteiger partial charge on any atom is -0.546 e. The Kier molecular flexibility index (Phi) is 7.28. The van der Waals surface area contributed by atoms with Crippen molar-refractivity contribution in [2.45, 2.75) is 0 Å². The highest BCUT2D eigenvalue weighted by Crippen LogP contribution is 2.29. The number of nitro benzene ring substituents is 1. The average molecular weight is 407 g/mol. The van der Waals surface area contributed by atoms with Crippen molar-refractivity contribution >= 4 is 35.4 Å². The number of hydrazone groups is 1. The molecule has 0 atom stereocenters. The monoisotopic (exact) mass is 406 g/mol. The van der Waals surface area contributed by atoms with E-state index in [1.165, 1.54) is 24.4 Å². The zero-order valence-electron chi connectivity index (χ0n) is 14.2. The normalized spacial score (nSPS) is 10.5. The Bertz CT molecular complexity index is 917. The van der Waals surface area contributed by atoms with E-state index in [2.05, 4.69) is 10.5 Å². The van der Waals surface area contributed by atoms with E-state index in [-0.39, 0.29) is 22.2 Å². The lowest BCUT2D eigenvalue weighted by atomic mass is 10.2. The van der Waals surface area contributed by atoms with Gasteiger partial charge < -0.3 is 19.4 Å². The fraction of sp³-hybridized carbons (Fsp3) is 0.118. The Balaban J connectivity index is 1.93. The Morgan fingerprint density at radius 2 is 1.86 bits per heavy atom. The quantitative estimate of drug-likeness (QED) is 0.370. The number of nitrogens with one attached hydrogen (secondary N) is 1. The first kappa shape index (κ1) is 20.6. The number of nitrogens with zero attached hydrogens (tertiary/aromatic N) is 2. The second-order valence-corrected chi connectivity index (χ2v) is 5.59. The van der Waals surface area contributed by atoms with Gasteiger partial charge in [0.05, 0.1) is 17.1 Å². The van der Waals surface area contributed by atoms with Gasteiger partial charge in [0.15, 0.2) is 12.4 Å². The van der Waals surface area contributed by atoms with E-state index in [0.29, 0.717) is 5.56 Å². The fourth-order valence-electron chi connectivity index (χ4n) is 1.96. The van der Waals surface area contributed by atoms with Crippen molar-refractivity contribution in [1.82, 2.24) is 5.43 Å². The molecule has 0 unspecified atom stereocenters. The maximum absolute atomic E-state index is 11.8. The predicted molar refractivity (Wildman–Crippen MR) is 96.3 cm³/mol. The first-order chi connectivity index (χ1) is 13.4. The van der Waals surface area contributed by atoms with Crippen LogP contribution in [0.15, 0.2) is 47.6 Å². The van der Waals surface area contributed by atoms with Crippen LogP contribution in [0.25, 0.3) is 0 Å². The molecule has 0 saturated heterocycles. The van der Waals surface area contributed by atoms with Gasteiger partial charge in [0.2, 0.25) is 0 Å². The van der Waals surface area contributed by atoms with Crippen molar-refractivity contribution in [3.8, 4) is 11.5 Å². The highest BCUT2D eigenvalue weighted by atomic mass is 35.5. The number of amides is 1. The van der Waals surface area contributed by atoms with Crippen molar-refractivity contribution < 1.29 is 29.1 Å². The van der Waals surface area contributed by atoms with Crippen LogP contribution in [0.2, 0.25) is 5.02 Å². The molecule has 0 heterocycles. The molecule has 2 rings (SSSR count). The molecule has 0 aliphatic heterocycles. The van der Waals surface area contributed by atoms with Crippen LogP contribution in [0.5, 0.6) is 11.5 Å². The highest BCUT2D eigenvalue weighted by Gasteiger charge is 2.16. The van der Waals surface area contributed by atoms with Crippen molar-refractivity contribution in [3.05, 3.63) is 63.2 Å². The Morgan fingerprint density at radius 1 is 1.14 bits per heavy atom. The van der Waals surface area contributed by atoms with E-state index in [1.54, 1.807) is 18.2 Å².